The van der Waals surface area contributed by atoms with Crippen molar-refractivity contribution in [3.05, 3.63) is 70.3 Å². The molecule has 0 aromatic heterocycles. The fraction of sp³-hybridized carbons (Fsp3) is 0.667. The molecule has 2 fully saturated rings. The molecule has 2 aromatic rings. The number of hydrogen-bond donors (Lipinski definition) is 1. The van der Waals surface area contributed by atoms with Crippen LogP contribution in [0.1, 0.15) is 80.3 Å². The molecule has 2 aliphatic carbocycles. The number of allylic oxidation sites excluding steroid dienone is 1. The van der Waals surface area contributed by atoms with Crippen molar-refractivity contribution in [1.82, 2.24) is 14.5 Å². The summed E-state index contributed by atoms with van der Waals surface area (Å²) in [6.07, 6.45) is 12.1. The Morgan fingerprint density at radius 3 is 2.45 bits per heavy atom. The van der Waals surface area contributed by atoms with Crippen LogP contribution in [0.4, 0.5) is 5.69 Å². The lowest BCUT2D eigenvalue weighted by Gasteiger charge is -2.52. The molecule has 11 nitrogen and oxygen atoms in total. The van der Waals surface area contributed by atoms with Gasteiger partial charge in [0.25, 0.3) is 5.91 Å². The summed E-state index contributed by atoms with van der Waals surface area (Å²) in [5, 5.41) is -0.0473. The number of methoxy groups -OCH3 is 3. The molecule has 6 atom stereocenters. The molecule has 5 aliphatic rings. The molecule has 0 unspecified atom stereocenters. The second-order valence-electron chi connectivity index (χ2n) is 17.7. The van der Waals surface area contributed by atoms with Crippen LogP contribution in [0.15, 0.2) is 48.6 Å². The minimum Gasteiger partial charge on any atom is -0.490 e. The van der Waals surface area contributed by atoms with E-state index in [9.17, 15) is 13.2 Å². The number of nitrogens with one attached hydrogen (secondary N) is 1. The number of ether oxygens (including phenoxy) is 4. The van der Waals surface area contributed by atoms with E-state index in [1.165, 1.54) is 11.1 Å². The van der Waals surface area contributed by atoms with Crippen molar-refractivity contribution in [2.45, 2.75) is 87.5 Å². The number of rotatable bonds is 10. The zero-order valence-electron chi connectivity index (χ0n) is 35.2. The van der Waals surface area contributed by atoms with Gasteiger partial charge in [-0.3, -0.25) is 9.69 Å². The molecule has 320 valence electrons. The van der Waals surface area contributed by atoms with Gasteiger partial charge in [-0.2, -0.15) is 0 Å². The predicted molar refractivity (Wildman–Crippen MR) is 230 cm³/mol. The van der Waals surface area contributed by atoms with Gasteiger partial charge >= 0.3 is 0 Å². The number of aryl methyl sites for hydroxylation is 1. The monoisotopic (exact) mass is 840 g/mol. The van der Waals surface area contributed by atoms with Crippen LogP contribution in [0.3, 0.4) is 0 Å². The molecule has 1 spiro atoms. The Morgan fingerprint density at radius 2 is 1.76 bits per heavy atom. The summed E-state index contributed by atoms with van der Waals surface area (Å²) in [6, 6.07) is 12.1. The van der Waals surface area contributed by atoms with Gasteiger partial charge in [0, 0.05) is 76.1 Å². The summed E-state index contributed by atoms with van der Waals surface area (Å²) in [7, 11) is 1.40. The quantitative estimate of drug-likeness (QED) is 0.273. The normalized spacial score (nSPS) is 31.1. The van der Waals surface area contributed by atoms with E-state index in [4.69, 9.17) is 30.5 Å². The molecule has 2 aromatic carbocycles. The predicted octanol–water partition coefficient (Wildman–Crippen LogP) is 6.33. The molecular weight excluding hydrogens is 776 g/mol. The van der Waals surface area contributed by atoms with E-state index in [1.807, 2.05) is 32.2 Å². The zero-order chi connectivity index (χ0) is 41.1. The molecule has 1 saturated carbocycles. The van der Waals surface area contributed by atoms with Crippen molar-refractivity contribution >= 4 is 33.2 Å². The number of halogens is 1. The second kappa shape index (κ2) is 18.5. The molecule has 58 heavy (non-hydrogen) atoms. The summed E-state index contributed by atoms with van der Waals surface area (Å²) in [5.74, 6) is 0.414. The van der Waals surface area contributed by atoms with Gasteiger partial charge < -0.3 is 28.7 Å². The SMILES string of the molecule is COCCN(CCOC)C1CCN(C[C@]2(OC)/C=C/C[C@H](C)[C@@H](C)S(=O)(=O)NC(=O)c3ccc4c(c3)N(C[C@@H]3CC[C@H]32)C[C@@]2(CCCc3cc(Cl)ccc32)CO4)CC1. The highest BCUT2D eigenvalue weighted by Crippen LogP contribution is 2.49. The lowest BCUT2D eigenvalue weighted by Crippen LogP contribution is -2.58. The Kier molecular flexibility index (Phi) is 13.8. The van der Waals surface area contributed by atoms with Gasteiger partial charge in [-0.15, -0.1) is 0 Å². The molecule has 3 aliphatic heterocycles. The third-order valence-electron chi connectivity index (χ3n) is 14.3. The van der Waals surface area contributed by atoms with Crippen molar-refractivity contribution in [1.29, 1.82) is 0 Å². The van der Waals surface area contributed by atoms with Gasteiger partial charge in [-0.1, -0.05) is 36.7 Å². The van der Waals surface area contributed by atoms with Crippen molar-refractivity contribution in [3.63, 3.8) is 0 Å². The number of nitrogens with zero attached hydrogens (tertiary/aromatic N) is 3. The Morgan fingerprint density at radius 1 is 1.00 bits per heavy atom. The minimum absolute atomic E-state index is 0.234. The molecule has 7 rings (SSSR count). The van der Waals surface area contributed by atoms with Crippen LogP contribution < -0.4 is 14.4 Å². The lowest BCUT2D eigenvalue weighted by atomic mass is 9.63. The maximum Gasteiger partial charge on any atom is 0.264 e. The second-order valence-corrected chi connectivity index (χ2v) is 20.2. The van der Waals surface area contributed by atoms with Crippen LogP contribution in [0.2, 0.25) is 5.02 Å². The largest absolute Gasteiger partial charge is 0.490 e. The summed E-state index contributed by atoms with van der Waals surface area (Å²) in [6.45, 7) is 11.5. The van der Waals surface area contributed by atoms with Gasteiger partial charge in [0.15, 0.2) is 0 Å². The fourth-order valence-corrected chi connectivity index (χ4v) is 12.0. The molecule has 1 saturated heterocycles. The number of carbonyl (C=O) groups excluding carboxylic acids is 1. The van der Waals surface area contributed by atoms with E-state index in [0.29, 0.717) is 56.1 Å². The van der Waals surface area contributed by atoms with Gasteiger partial charge in [0.2, 0.25) is 10.0 Å². The number of amides is 1. The molecule has 1 amide bonds. The number of piperidine rings is 1. The molecular formula is C45H65ClN4O7S. The van der Waals surface area contributed by atoms with E-state index < -0.39 is 26.8 Å². The third-order valence-corrected chi connectivity index (χ3v) is 16.5. The standard InChI is InChI=1S/C45H65ClN4O7S/c1-32-8-6-19-45(56-5,30-48-20-16-38(17-21-48)49(22-24-54-3)23-25-55-4)40-13-10-36(40)28-50-29-44(18-7-9-34-26-37(46)12-14-39(34)44)31-57-42-15-11-35(27-41(42)50)43(51)47-58(52,53)33(32)2/h6,11-12,14-15,19,26-27,32-33,36,38,40H,7-10,13,16-18,20-25,28-31H2,1-5H3,(H,47,51)/b19-6+/t32-,33+,36-,40+,44-,45+/m0/s1. The molecule has 3 heterocycles. The zero-order valence-corrected chi connectivity index (χ0v) is 36.8. The van der Waals surface area contributed by atoms with Gasteiger partial charge in [-0.25, -0.2) is 13.1 Å². The van der Waals surface area contributed by atoms with Gasteiger partial charge in [0.05, 0.1) is 30.8 Å². The van der Waals surface area contributed by atoms with E-state index >= 15 is 0 Å². The number of anilines is 1. The third kappa shape index (κ3) is 9.14. The first-order chi connectivity index (χ1) is 27.9. The first kappa shape index (κ1) is 43.4. The lowest BCUT2D eigenvalue weighted by molar-refractivity contribution is -0.0955. The minimum atomic E-state index is -3.97. The number of carbonyl (C=O) groups is 1. The number of fused-ring (bicyclic) bond motifs is 4. The highest BCUT2D eigenvalue weighted by Gasteiger charge is 2.50. The topological polar surface area (TPSA) is 110 Å². The van der Waals surface area contributed by atoms with E-state index in [0.717, 1.165) is 94.9 Å². The van der Waals surface area contributed by atoms with E-state index in [-0.39, 0.29) is 17.3 Å². The van der Waals surface area contributed by atoms with Crippen LogP contribution in [0, 0.1) is 17.8 Å². The maximum atomic E-state index is 13.7. The van der Waals surface area contributed by atoms with Crippen LogP contribution in [0.25, 0.3) is 0 Å². The van der Waals surface area contributed by atoms with E-state index in [1.54, 1.807) is 27.2 Å². The summed E-state index contributed by atoms with van der Waals surface area (Å²) in [5.41, 5.74) is 2.84. The van der Waals surface area contributed by atoms with Crippen molar-refractivity contribution < 1.29 is 32.2 Å². The number of likely N-dealkylation sites (tertiary alicyclic amines) is 1. The molecule has 2 bridgehead atoms. The molecule has 0 radical (unpaired) electrons. The average Bonchev–Trinajstić information content (AvgIpc) is 3.35. The van der Waals surface area contributed by atoms with Crippen LogP contribution >= 0.6 is 11.6 Å². The fourth-order valence-electron chi connectivity index (χ4n) is 10.5. The van der Waals surface area contributed by atoms with Crippen molar-refractivity contribution in [2.24, 2.45) is 17.8 Å². The first-order valence-corrected chi connectivity index (χ1v) is 23.4. The van der Waals surface area contributed by atoms with Crippen molar-refractivity contribution in [3.8, 4) is 5.75 Å². The Balaban J connectivity index is 1.23. The smallest absolute Gasteiger partial charge is 0.264 e. The number of hydrogen-bond acceptors (Lipinski definition) is 10. The Labute approximate surface area is 351 Å². The van der Waals surface area contributed by atoms with Crippen LogP contribution in [0.5, 0.6) is 5.75 Å². The van der Waals surface area contributed by atoms with Gasteiger partial charge in [-0.05, 0) is 131 Å². The molecule has 13 heteroatoms. The average molecular weight is 842 g/mol. The maximum absolute atomic E-state index is 13.7. The van der Waals surface area contributed by atoms with Gasteiger partial charge in [0.1, 0.15) is 11.4 Å². The highest BCUT2D eigenvalue weighted by molar-refractivity contribution is 7.90. The summed E-state index contributed by atoms with van der Waals surface area (Å²) >= 11 is 6.53. The van der Waals surface area contributed by atoms with Crippen LogP contribution in [-0.4, -0.2) is 128 Å². The Hall–Kier alpha value is -2.71. The van der Waals surface area contributed by atoms with Crippen LogP contribution in [-0.2, 0) is 36.1 Å². The number of benzene rings is 2. The van der Waals surface area contributed by atoms with E-state index in [2.05, 4.69) is 43.7 Å². The summed E-state index contributed by atoms with van der Waals surface area (Å²) < 4.78 is 54.2. The molecule has 1 N–H and O–H groups in total. The number of sulfonamides is 1. The summed E-state index contributed by atoms with van der Waals surface area (Å²) in [4.78, 5) is 21.3. The Bertz CT molecular complexity index is 1880. The van der Waals surface area contributed by atoms with Crippen molar-refractivity contribution in [2.75, 3.05) is 91.9 Å². The highest BCUT2D eigenvalue weighted by atomic mass is 35.5. The first-order valence-electron chi connectivity index (χ1n) is 21.4.